The molecule has 8 heteroatoms. The number of ether oxygens (including phenoxy) is 1. The number of phenolic OH excluding ortho intramolecular Hbond substituents is 1. The lowest BCUT2D eigenvalue weighted by molar-refractivity contribution is 0.0526. The van der Waals surface area contributed by atoms with Crippen LogP contribution in [0, 0.1) is 0 Å². The molecule has 5 nitrogen and oxygen atoms in total. The van der Waals surface area contributed by atoms with E-state index in [0.29, 0.717) is 22.7 Å². The summed E-state index contributed by atoms with van der Waals surface area (Å²) < 4.78 is 5.33. The fourth-order valence-electron chi connectivity index (χ4n) is 3.72. The number of thiophene rings is 1. The van der Waals surface area contributed by atoms with Crippen LogP contribution >= 0.6 is 34.5 Å². The van der Waals surface area contributed by atoms with Crippen molar-refractivity contribution in [1.29, 1.82) is 0 Å². The second-order valence-electron chi connectivity index (χ2n) is 7.44. The first kappa shape index (κ1) is 22.8. The van der Waals surface area contributed by atoms with Crippen LogP contribution in [0.5, 0.6) is 5.75 Å². The van der Waals surface area contributed by atoms with Crippen molar-refractivity contribution in [1.82, 2.24) is 4.90 Å². The van der Waals surface area contributed by atoms with Crippen LogP contribution in [0.1, 0.15) is 38.8 Å². The van der Waals surface area contributed by atoms with Gasteiger partial charge in [0.2, 0.25) is 0 Å². The van der Waals surface area contributed by atoms with Gasteiger partial charge < -0.3 is 9.84 Å². The van der Waals surface area contributed by atoms with Gasteiger partial charge in [-0.05, 0) is 42.2 Å². The Morgan fingerprint density at radius 1 is 1.25 bits per heavy atom. The summed E-state index contributed by atoms with van der Waals surface area (Å²) in [6.45, 7) is 4.57. The number of phenols is 1. The molecule has 0 amide bonds. The minimum Gasteiger partial charge on any atom is -0.505 e. The maximum absolute atomic E-state index is 12.8. The molecule has 166 valence electrons. The molecule has 2 heterocycles. The van der Waals surface area contributed by atoms with Crippen LogP contribution in [0.15, 0.2) is 47.5 Å². The van der Waals surface area contributed by atoms with E-state index < -0.39 is 0 Å². The highest BCUT2D eigenvalue weighted by Gasteiger charge is 2.28. The normalized spacial score (nSPS) is 14.0. The van der Waals surface area contributed by atoms with Gasteiger partial charge in [0.05, 0.1) is 22.2 Å². The SMILES string of the molecule is CCOC(=O)c1c(N=Cc2cc(Cl)c(O)c(Cl)c2)sc2c1CCN(Cc1ccccc1)C2. The Bertz CT molecular complexity index is 1140. The summed E-state index contributed by atoms with van der Waals surface area (Å²) in [4.78, 5) is 20.8. The number of hydrogen-bond acceptors (Lipinski definition) is 6. The maximum Gasteiger partial charge on any atom is 0.341 e. The molecule has 1 N–H and O–H groups in total. The van der Waals surface area contributed by atoms with Gasteiger partial charge in [0.15, 0.2) is 5.75 Å². The van der Waals surface area contributed by atoms with Crippen LogP contribution in [0.4, 0.5) is 5.00 Å². The first-order chi connectivity index (χ1) is 15.5. The molecule has 1 aliphatic heterocycles. The number of nitrogens with zero attached hydrogens (tertiary/aromatic N) is 2. The van der Waals surface area contributed by atoms with Crippen LogP contribution in [-0.2, 0) is 24.2 Å². The summed E-state index contributed by atoms with van der Waals surface area (Å²) >= 11 is 13.5. The van der Waals surface area contributed by atoms with Gasteiger partial charge in [-0.1, -0.05) is 53.5 Å². The lowest BCUT2D eigenvalue weighted by Crippen LogP contribution is -2.29. The molecule has 0 unspecified atom stereocenters. The number of carbonyl (C=O) groups excluding carboxylic acids is 1. The Kier molecular flexibility index (Phi) is 7.16. The summed E-state index contributed by atoms with van der Waals surface area (Å²) in [5, 5.41) is 10.7. The molecule has 0 radical (unpaired) electrons. The molecule has 0 aliphatic carbocycles. The molecule has 4 rings (SSSR count). The molecule has 1 aliphatic rings. The zero-order valence-corrected chi connectivity index (χ0v) is 19.8. The zero-order valence-electron chi connectivity index (χ0n) is 17.5. The van der Waals surface area contributed by atoms with Crippen molar-refractivity contribution in [2.24, 2.45) is 4.99 Å². The molecule has 0 saturated carbocycles. The van der Waals surface area contributed by atoms with Gasteiger partial charge in [-0.3, -0.25) is 4.90 Å². The van der Waals surface area contributed by atoms with E-state index >= 15 is 0 Å². The lowest BCUT2D eigenvalue weighted by Gasteiger charge is -2.27. The lowest BCUT2D eigenvalue weighted by atomic mass is 10.0. The van der Waals surface area contributed by atoms with Crippen molar-refractivity contribution >= 4 is 51.7 Å². The van der Waals surface area contributed by atoms with Gasteiger partial charge in [0.25, 0.3) is 0 Å². The van der Waals surface area contributed by atoms with Gasteiger partial charge in [0, 0.05) is 30.7 Å². The number of fused-ring (bicyclic) bond motifs is 1. The van der Waals surface area contributed by atoms with E-state index in [9.17, 15) is 9.90 Å². The molecule has 0 atom stereocenters. The van der Waals surface area contributed by atoms with E-state index in [1.54, 1.807) is 25.3 Å². The zero-order chi connectivity index (χ0) is 22.7. The van der Waals surface area contributed by atoms with Gasteiger partial charge in [-0.2, -0.15) is 0 Å². The molecule has 3 aromatic rings. The first-order valence-corrected chi connectivity index (χ1v) is 11.8. The fourth-order valence-corrected chi connectivity index (χ4v) is 5.44. The minimum atomic E-state index is -0.351. The molecule has 1 aromatic heterocycles. The van der Waals surface area contributed by atoms with Crippen LogP contribution < -0.4 is 0 Å². The molecular weight excluding hydrogens is 467 g/mol. The third-order valence-electron chi connectivity index (χ3n) is 5.22. The number of rotatable bonds is 6. The summed E-state index contributed by atoms with van der Waals surface area (Å²) in [5.74, 6) is -0.516. The third kappa shape index (κ3) is 4.99. The molecular formula is C24H22Cl2N2O3S. The highest BCUT2D eigenvalue weighted by Crippen LogP contribution is 2.40. The number of benzene rings is 2. The number of aliphatic imine (C=N–C) groups is 1. The van der Waals surface area contributed by atoms with Crippen molar-refractivity contribution < 1.29 is 14.6 Å². The number of carbonyl (C=O) groups is 1. The average Bonchev–Trinajstić information content (AvgIpc) is 3.14. The minimum absolute atomic E-state index is 0.145. The van der Waals surface area contributed by atoms with E-state index in [1.165, 1.54) is 16.9 Å². The Labute approximate surface area is 200 Å². The number of hydrogen-bond donors (Lipinski definition) is 1. The summed E-state index contributed by atoms with van der Waals surface area (Å²) in [7, 11) is 0. The third-order valence-corrected chi connectivity index (χ3v) is 6.92. The monoisotopic (exact) mass is 488 g/mol. The van der Waals surface area contributed by atoms with E-state index in [0.717, 1.165) is 36.5 Å². The van der Waals surface area contributed by atoms with Crippen LogP contribution in [-0.4, -0.2) is 35.3 Å². The van der Waals surface area contributed by atoms with Crippen molar-refractivity contribution in [3.05, 3.63) is 79.6 Å². The van der Waals surface area contributed by atoms with Crippen LogP contribution in [0.3, 0.4) is 0 Å². The van der Waals surface area contributed by atoms with Crippen LogP contribution in [0.2, 0.25) is 10.0 Å². The van der Waals surface area contributed by atoms with Crippen molar-refractivity contribution in [2.45, 2.75) is 26.4 Å². The predicted octanol–water partition coefficient (Wildman–Crippen LogP) is 6.25. The maximum atomic E-state index is 12.8. The summed E-state index contributed by atoms with van der Waals surface area (Å²) in [5.41, 5.74) is 3.45. The topological polar surface area (TPSA) is 62.1 Å². The predicted molar refractivity (Wildman–Crippen MR) is 130 cm³/mol. The molecule has 2 aromatic carbocycles. The number of esters is 1. The molecule has 0 bridgehead atoms. The summed E-state index contributed by atoms with van der Waals surface area (Å²) in [6, 6.07) is 13.5. The first-order valence-electron chi connectivity index (χ1n) is 10.3. The molecule has 0 saturated heterocycles. The Morgan fingerprint density at radius 3 is 2.66 bits per heavy atom. The standard InChI is InChI=1S/C24H22Cl2N2O3S/c1-2-31-24(30)21-17-8-9-28(13-15-6-4-3-5-7-15)14-20(17)32-23(21)27-12-16-10-18(25)22(29)19(26)11-16/h3-7,10-12,29H,2,8-9,13-14H2,1H3. The van der Waals surface area contributed by atoms with Gasteiger partial charge in [-0.25, -0.2) is 9.79 Å². The van der Waals surface area contributed by atoms with Gasteiger partial charge >= 0.3 is 5.97 Å². The van der Waals surface area contributed by atoms with E-state index in [4.69, 9.17) is 27.9 Å². The van der Waals surface area contributed by atoms with Crippen molar-refractivity contribution in [3.63, 3.8) is 0 Å². The number of aromatic hydroxyl groups is 1. The molecule has 0 fully saturated rings. The second kappa shape index (κ2) is 10.0. The Balaban J connectivity index is 1.63. The quantitative estimate of drug-likeness (QED) is 0.329. The number of halogens is 2. The largest absolute Gasteiger partial charge is 0.505 e. The van der Waals surface area contributed by atoms with Crippen molar-refractivity contribution in [2.75, 3.05) is 13.2 Å². The summed E-state index contributed by atoms with van der Waals surface area (Å²) in [6.07, 6.45) is 2.36. The highest BCUT2D eigenvalue weighted by atomic mass is 35.5. The smallest absolute Gasteiger partial charge is 0.341 e. The second-order valence-corrected chi connectivity index (χ2v) is 9.34. The van der Waals surface area contributed by atoms with Crippen LogP contribution in [0.25, 0.3) is 0 Å². The Morgan fingerprint density at radius 2 is 1.97 bits per heavy atom. The van der Waals surface area contributed by atoms with Crippen molar-refractivity contribution in [3.8, 4) is 5.75 Å². The highest BCUT2D eigenvalue weighted by molar-refractivity contribution is 7.16. The Hall–Kier alpha value is -2.38. The molecule has 0 spiro atoms. The van der Waals surface area contributed by atoms with E-state index in [-0.39, 0.29) is 21.8 Å². The molecule has 32 heavy (non-hydrogen) atoms. The fraction of sp³-hybridized carbons (Fsp3) is 0.250. The van der Waals surface area contributed by atoms with E-state index in [2.05, 4.69) is 22.0 Å². The average molecular weight is 489 g/mol. The van der Waals surface area contributed by atoms with Gasteiger partial charge in [0.1, 0.15) is 5.00 Å². The van der Waals surface area contributed by atoms with E-state index in [1.807, 2.05) is 18.2 Å². The van der Waals surface area contributed by atoms with Gasteiger partial charge in [-0.15, -0.1) is 11.3 Å².